The van der Waals surface area contributed by atoms with Crippen LogP contribution in [0.25, 0.3) is 0 Å². The number of halogens is 4. The quantitative estimate of drug-likeness (QED) is 0.344. The number of non-ortho nitro benzene ring substituents is 1. The Morgan fingerprint density at radius 2 is 1.93 bits per heavy atom. The van der Waals surface area contributed by atoms with Crippen molar-refractivity contribution in [2.75, 3.05) is 0 Å². The summed E-state index contributed by atoms with van der Waals surface area (Å²) in [5, 5.41) is 12.5. The van der Waals surface area contributed by atoms with E-state index in [1.807, 2.05) is 0 Å². The first-order chi connectivity index (χ1) is 12.8. The van der Waals surface area contributed by atoms with E-state index < -0.39 is 46.3 Å². The van der Waals surface area contributed by atoms with Gasteiger partial charge in [-0.15, -0.1) is 0 Å². The molecule has 12 heteroatoms. The molecule has 2 rings (SSSR count). The lowest BCUT2D eigenvalue weighted by Gasteiger charge is -2.46. The molecular weight excluding hydrogens is 409 g/mol. The number of rotatable bonds is 4. The minimum Gasteiger partial charge on any atom is -0.451 e. The summed E-state index contributed by atoms with van der Waals surface area (Å²) in [7, 11) is 0. The molecule has 1 fully saturated rings. The third-order valence-corrected chi connectivity index (χ3v) is 4.74. The molecule has 4 atom stereocenters. The van der Waals surface area contributed by atoms with Crippen molar-refractivity contribution in [3.8, 4) is 0 Å². The first-order valence-corrected chi connectivity index (χ1v) is 8.43. The lowest BCUT2D eigenvalue weighted by Crippen LogP contribution is -2.64. The molecule has 1 aromatic carbocycles. The van der Waals surface area contributed by atoms with Crippen molar-refractivity contribution in [1.82, 2.24) is 5.32 Å². The van der Waals surface area contributed by atoms with Gasteiger partial charge in [0.05, 0.1) is 22.6 Å². The zero-order valence-electron chi connectivity index (χ0n) is 14.7. The van der Waals surface area contributed by atoms with E-state index in [9.17, 15) is 32.9 Å². The van der Waals surface area contributed by atoms with E-state index >= 15 is 0 Å². The SMILES string of the molecule is C[C@@H]1OC(Cl)C[C@H](NC(=O)C(F)(F)F)[C@@]1(C)OC(=O)c1ccc([N+](=O)[O-])cc1. The van der Waals surface area contributed by atoms with Crippen LogP contribution in [0.15, 0.2) is 24.3 Å². The monoisotopic (exact) mass is 424 g/mol. The van der Waals surface area contributed by atoms with Gasteiger partial charge in [-0.05, 0) is 26.0 Å². The number of nitro benzene ring substituents is 1. The first-order valence-electron chi connectivity index (χ1n) is 7.99. The normalized spacial score (nSPS) is 27.7. The Hall–Kier alpha value is -2.40. The molecular formula is C16H16ClF3N2O6. The van der Waals surface area contributed by atoms with E-state index in [4.69, 9.17) is 21.1 Å². The molecule has 154 valence electrons. The number of carbonyl (C=O) groups excluding carboxylic acids is 2. The van der Waals surface area contributed by atoms with Gasteiger partial charge in [-0.25, -0.2) is 4.79 Å². The molecule has 0 aliphatic carbocycles. The van der Waals surface area contributed by atoms with Crippen LogP contribution in [0, 0.1) is 10.1 Å². The fourth-order valence-electron chi connectivity index (χ4n) is 2.69. The average molecular weight is 425 g/mol. The highest BCUT2D eigenvalue weighted by Gasteiger charge is 2.52. The fraction of sp³-hybridized carbons (Fsp3) is 0.500. The van der Waals surface area contributed by atoms with Crippen molar-refractivity contribution in [3.05, 3.63) is 39.9 Å². The Morgan fingerprint density at radius 1 is 1.36 bits per heavy atom. The van der Waals surface area contributed by atoms with Crippen molar-refractivity contribution < 1.29 is 37.2 Å². The number of nitrogens with zero attached hydrogens (tertiary/aromatic N) is 1. The summed E-state index contributed by atoms with van der Waals surface area (Å²) in [5.41, 5.74) is -2.99. The summed E-state index contributed by atoms with van der Waals surface area (Å²) >= 11 is 5.87. The van der Waals surface area contributed by atoms with Gasteiger partial charge in [-0.1, -0.05) is 11.6 Å². The van der Waals surface area contributed by atoms with Gasteiger partial charge >= 0.3 is 18.1 Å². The van der Waals surface area contributed by atoms with Crippen LogP contribution in [-0.2, 0) is 14.3 Å². The van der Waals surface area contributed by atoms with Gasteiger partial charge in [0.15, 0.2) is 5.60 Å². The molecule has 8 nitrogen and oxygen atoms in total. The number of nitro groups is 1. The number of esters is 1. The van der Waals surface area contributed by atoms with Crippen LogP contribution in [0.3, 0.4) is 0 Å². The number of hydrogen-bond donors (Lipinski definition) is 1. The van der Waals surface area contributed by atoms with E-state index in [1.165, 1.54) is 13.8 Å². The maximum absolute atomic E-state index is 12.6. The zero-order valence-corrected chi connectivity index (χ0v) is 15.4. The second kappa shape index (κ2) is 7.92. The molecule has 1 aliphatic rings. The van der Waals surface area contributed by atoms with Crippen LogP contribution in [0.1, 0.15) is 30.6 Å². The zero-order chi connectivity index (χ0) is 21.3. The molecule has 1 aliphatic heterocycles. The average Bonchev–Trinajstić information content (AvgIpc) is 2.58. The number of carbonyl (C=O) groups is 2. The number of alkyl halides is 4. The van der Waals surface area contributed by atoms with Gasteiger partial charge in [0.25, 0.3) is 5.69 Å². The van der Waals surface area contributed by atoms with Crippen LogP contribution >= 0.6 is 11.6 Å². The highest BCUT2D eigenvalue weighted by atomic mass is 35.5. The van der Waals surface area contributed by atoms with Crippen LogP contribution in [0.4, 0.5) is 18.9 Å². The topological polar surface area (TPSA) is 108 Å². The van der Waals surface area contributed by atoms with Crippen molar-refractivity contribution in [2.24, 2.45) is 0 Å². The molecule has 1 N–H and O–H groups in total. The van der Waals surface area contributed by atoms with E-state index in [0.717, 1.165) is 24.3 Å². The van der Waals surface area contributed by atoms with Crippen LogP contribution in [0.5, 0.6) is 0 Å². The number of hydrogen-bond acceptors (Lipinski definition) is 6. The molecule has 0 radical (unpaired) electrons. The Balaban J connectivity index is 2.25. The largest absolute Gasteiger partial charge is 0.471 e. The van der Waals surface area contributed by atoms with Crippen LogP contribution in [0.2, 0.25) is 0 Å². The summed E-state index contributed by atoms with van der Waals surface area (Å²) < 4.78 is 48.7. The van der Waals surface area contributed by atoms with Crippen LogP contribution in [-0.4, -0.2) is 46.3 Å². The van der Waals surface area contributed by atoms with Crippen molar-refractivity contribution >= 4 is 29.2 Å². The van der Waals surface area contributed by atoms with E-state index in [-0.39, 0.29) is 17.7 Å². The number of nitrogens with one attached hydrogen (secondary N) is 1. The Bertz CT molecular complexity index is 773. The smallest absolute Gasteiger partial charge is 0.451 e. The van der Waals surface area contributed by atoms with Crippen molar-refractivity contribution in [3.63, 3.8) is 0 Å². The minimum absolute atomic E-state index is 0.0621. The maximum Gasteiger partial charge on any atom is 0.471 e. The standard InChI is InChI=1S/C16H16ClF3N2O6/c1-8-15(2,11(7-12(17)27-8)21-14(24)16(18,19)20)28-13(23)9-3-5-10(6-4-9)22(25)26/h3-6,8,11-12H,7H2,1-2H3,(H,21,24)/t8-,11-,12?,15-/m0/s1. The predicted octanol–water partition coefficient (Wildman–Crippen LogP) is 2.93. The van der Waals surface area contributed by atoms with Gasteiger partial charge in [0, 0.05) is 18.6 Å². The molecule has 1 saturated heterocycles. The summed E-state index contributed by atoms with van der Waals surface area (Å²) in [6, 6.07) is 3.17. The summed E-state index contributed by atoms with van der Waals surface area (Å²) in [6.07, 6.45) is -6.33. The van der Waals surface area contributed by atoms with Gasteiger partial charge < -0.3 is 14.8 Å². The number of benzene rings is 1. The highest BCUT2D eigenvalue weighted by Crippen LogP contribution is 2.35. The first kappa shape index (κ1) is 21.9. The predicted molar refractivity (Wildman–Crippen MR) is 89.7 cm³/mol. The molecule has 28 heavy (non-hydrogen) atoms. The molecule has 1 heterocycles. The third-order valence-electron chi connectivity index (χ3n) is 4.46. The molecule has 1 unspecified atom stereocenters. The fourth-order valence-corrected chi connectivity index (χ4v) is 3.02. The Labute approximate surface area is 162 Å². The minimum atomic E-state index is -5.13. The van der Waals surface area contributed by atoms with E-state index in [2.05, 4.69) is 0 Å². The van der Waals surface area contributed by atoms with Crippen LogP contribution < -0.4 is 5.32 Å². The van der Waals surface area contributed by atoms with Gasteiger partial charge in [0.2, 0.25) is 0 Å². The van der Waals surface area contributed by atoms with Crippen molar-refractivity contribution in [2.45, 2.75) is 49.8 Å². The summed E-state index contributed by atoms with van der Waals surface area (Å²) in [5.74, 6) is -3.15. The Kier molecular flexibility index (Phi) is 6.19. The highest BCUT2D eigenvalue weighted by molar-refractivity contribution is 6.19. The van der Waals surface area contributed by atoms with E-state index in [1.54, 1.807) is 5.32 Å². The number of amides is 1. The molecule has 0 bridgehead atoms. The molecule has 0 saturated carbocycles. The van der Waals surface area contributed by atoms with Gasteiger partial charge in [-0.2, -0.15) is 13.2 Å². The summed E-state index contributed by atoms with van der Waals surface area (Å²) in [6.45, 7) is 2.75. The van der Waals surface area contributed by atoms with Gasteiger partial charge in [-0.3, -0.25) is 14.9 Å². The Morgan fingerprint density at radius 3 is 2.43 bits per heavy atom. The molecule has 1 amide bonds. The second-order valence-corrected chi connectivity index (χ2v) is 6.81. The maximum atomic E-state index is 12.6. The number of ether oxygens (including phenoxy) is 2. The third kappa shape index (κ3) is 4.71. The lowest BCUT2D eigenvalue weighted by atomic mass is 9.86. The molecule has 0 aromatic heterocycles. The second-order valence-electron chi connectivity index (χ2n) is 6.33. The lowest BCUT2D eigenvalue weighted by molar-refractivity contribution is -0.384. The molecule has 0 spiro atoms. The van der Waals surface area contributed by atoms with Gasteiger partial charge in [0.1, 0.15) is 5.56 Å². The van der Waals surface area contributed by atoms with Crippen molar-refractivity contribution in [1.29, 1.82) is 0 Å². The summed E-state index contributed by atoms with van der Waals surface area (Å²) in [4.78, 5) is 33.8. The molecule has 1 aromatic rings. The van der Waals surface area contributed by atoms with E-state index in [0.29, 0.717) is 0 Å².